The highest BCUT2D eigenvalue weighted by Crippen LogP contribution is 2.19. The number of guanidine groups is 1. The summed E-state index contributed by atoms with van der Waals surface area (Å²) in [5, 5.41) is 6.85. The van der Waals surface area contributed by atoms with Gasteiger partial charge in [0.1, 0.15) is 5.75 Å². The Morgan fingerprint density at radius 2 is 2.19 bits per heavy atom. The van der Waals surface area contributed by atoms with Gasteiger partial charge in [0.2, 0.25) is 0 Å². The molecule has 1 unspecified atom stereocenters. The predicted molar refractivity (Wildman–Crippen MR) is 113 cm³/mol. The highest BCUT2D eigenvalue weighted by Gasteiger charge is 2.21. The topological polar surface area (TPSA) is 58.1 Å². The molecule has 27 heavy (non-hydrogen) atoms. The summed E-state index contributed by atoms with van der Waals surface area (Å²) in [5.74, 6) is 2.31. The number of hydrogen-bond donors (Lipinski definition) is 2. The van der Waals surface area contributed by atoms with Gasteiger partial charge < -0.3 is 25.0 Å². The molecule has 0 aromatic heterocycles. The van der Waals surface area contributed by atoms with Crippen molar-refractivity contribution in [2.45, 2.75) is 39.2 Å². The van der Waals surface area contributed by atoms with Crippen LogP contribution in [-0.2, 0) is 4.74 Å². The van der Waals surface area contributed by atoms with Crippen molar-refractivity contribution in [2.24, 2.45) is 10.9 Å². The van der Waals surface area contributed by atoms with Crippen LogP contribution in [0.25, 0.3) is 0 Å². The Balaban J connectivity index is 1.80. The zero-order valence-corrected chi connectivity index (χ0v) is 17.3. The normalized spacial score (nSPS) is 18.6. The van der Waals surface area contributed by atoms with E-state index >= 15 is 0 Å². The van der Waals surface area contributed by atoms with Crippen LogP contribution < -0.4 is 15.4 Å². The van der Waals surface area contributed by atoms with Gasteiger partial charge in [-0.05, 0) is 51.3 Å². The van der Waals surface area contributed by atoms with Gasteiger partial charge in [0, 0.05) is 58.1 Å². The molecule has 1 atom stereocenters. The number of benzene rings is 1. The molecule has 0 aliphatic carbocycles. The van der Waals surface area contributed by atoms with Crippen LogP contribution in [0.2, 0.25) is 0 Å². The average molecular weight is 377 g/mol. The van der Waals surface area contributed by atoms with Crippen molar-refractivity contribution in [3.63, 3.8) is 0 Å². The van der Waals surface area contributed by atoms with Crippen LogP contribution in [0.1, 0.15) is 33.1 Å². The van der Waals surface area contributed by atoms with E-state index in [1.165, 1.54) is 19.4 Å². The average Bonchev–Trinajstić information content (AvgIpc) is 2.69. The van der Waals surface area contributed by atoms with Crippen LogP contribution in [0.4, 0.5) is 5.69 Å². The summed E-state index contributed by atoms with van der Waals surface area (Å²) in [5.41, 5.74) is 0.972. The van der Waals surface area contributed by atoms with E-state index in [9.17, 15) is 0 Å². The summed E-state index contributed by atoms with van der Waals surface area (Å²) in [4.78, 5) is 6.93. The Labute approximate surface area is 164 Å². The summed E-state index contributed by atoms with van der Waals surface area (Å²) >= 11 is 0. The molecule has 1 saturated heterocycles. The van der Waals surface area contributed by atoms with E-state index in [0.29, 0.717) is 25.2 Å². The molecule has 0 bridgehead atoms. The third kappa shape index (κ3) is 7.77. The fourth-order valence-corrected chi connectivity index (χ4v) is 3.35. The number of aliphatic imine (C=N–C) groups is 1. The first-order chi connectivity index (χ1) is 13.1. The molecular formula is C21H36N4O2. The first kappa shape index (κ1) is 21.5. The van der Waals surface area contributed by atoms with Gasteiger partial charge in [-0.1, -0.05) is 6.07 Å². The lowest BCUT2D eigenvalue weighted by atomic mass is 9.97. The largest absolute Gasteiger partial charge is 0.493 e. The van der Waals surface area contributed by atoms with Crippen LogP contribution >= 0.6 is 0 Å². The van der Waals surface area contributed by atoms with E-state index in [1.54, 1.807) is 7.11 Å². The standard InChI is InChI=1S/C21H36N4O2/c1-17(2)25-11-6-8-18(16-25)15-23-21(22-3)24-19-9-5-10-20(14-19)27-13-7-12-26-4/h5,9-10,14,17-18H,6-8,11-13,15-16H2,1-4H3,(H2,22,23,24). The maximum absolute atomic E-state index is 5.77. The Morgan fingerprint density at radius 3 is 2.93 bits per heavy atom. The van der Waals surface area contributed by atoms with E-state index in [0.717, 1.165) is 36.9 Å². The molecule has 0 spiro atoms. The lowest BCUT2D eigenvalue weighted by Gasteiger charge is -2.35. The molecule has 0 saturated carbocycles. The summed E-state index contributed by atoms with van der Waals surface area (Å²) in [6.45, 7) is 9.24. The predicted octanol–water partition coefficient (Wildman–Crippen LogP) is 3.21. The molecule has 2 N–H and O–H groups in total. The van der Waals surface area contributed by atoms with Crippen LogP contribution in [0, 0.1) is 5.92 Å². The van der Waals surface area contributed by atoms with Crippen molar-refractivity contribution in [2.75, 3.05) is 52.3 Å². The van der Waals surface area contributed by atoms with Crippen molar-refractivity contribution in [3.8, 4) is 5.75 Å². The van der Waals surface area contributed by atoms with E-state index in [1.807, 2.05) is 31.3 Å². The second kappa shape index (κ2) is 11.8. The fraction of sp³-hybridized carbons (Fsp3) is 0.667. The van der Waals surface area contributed by atoms with Gasteiger partial charge in [-0.25, -0.2) is 0 Å². The Hall–Kier alpha value is -1.79. The molecule has 2 rings (SSSR count). The fourth-order valence-electron chi connectivity index (χ4n) is 3.35. The maximum atomic E-state index is 5.77. The SMILES string of the molecule is CN=C(NCC1CCCN(C(C)C)C1)Nc1cccc(OCCCOC)c1. The molecular weight excluding hydrogens is 340 g/mol. The van der Waals surface area contributed by atoms with Gasteiger partial charge in [-0.15, -0.1) is 0 Å². The minimum Gasteiger partial charge on any atom is -0.493 e. The molecule has 1 heterocycles. The summed E-state index contributed by atoms with van der Waals surface area (Å²) in [6, 6.07) is 8.60. The molecule has 1 aromatic carbocycles. The summed E-state index contributed by atoms with van der Waals surface area (Å²) < 4.78 is 10.8. The molecule has 1 aliphatic heterocycles. The van der Waals surface area contributed by atoms with Crippen molar-refractivity contribution in [1.29, 1.82) is 0 Å². The molecule has 1 aromatic rings. The number of methoxy groups -OCH3 is 1. The lowest BCUT2D eigenvalue weighted by Crippen LogP contribution is -2.44. The smallest absolute Gasteiger partial charge is 0.195 e. The van der Waals surface area contributed by atoms with Crippen LogP contribution in [0.15, 0.2) is 29.3 Å². The Bertz CT molecular complexity index is 577. The van der Waals surface area contributed by atoms with Crippen LogP contribution in [0.3, 0.4) is 0 Å². The number of rotatable bonds is 9. The van der Waals surface area contributed by atoms with Crippen molar-refractivity contribution < 1.29 is 9.47 Å². The molecule has 6 nitrogen and oxygen atoms in total. The second-order valence-electron chi connectivity index (χ2n) is 7.40. The zero-order valence-electron chi connectivity index (χ0n) is 17.3. The number of likely N-dealkylation sites (tertiary alicyclic amines) is 1. The Kier molecular flexibility index (Phi) is 9.42. The molecule has 1 aliphatic rings. The minimum absolute atomic E-state index is 0.622. The number of ether oxygens (including phenoxy) is 2. The molecule has 0 amide bonds. The van der Waals surface area contributed by atoms with E-state index in [2.05, 4.69) is 34.4 Å². The first-order valence-corrected chi connectivity index (χ1v) is 10.1. The summed E-state index contributed by atoms with van der Waals surface area (Å²) in [6.07, 6.45) is 3.43. The van der Waals surface area contributed by atoms with Gasteiger partial charge in [0.25, 0.3) is 0 Å². The van der Waals surface area contributed by atoms with Crippen molar-refractivity contribution in [1.82, 2.24) is 10.2 Å². The molecule has 1 fully saturated rings. The first-order valence-electron chi connectivity index (χ1n) is 10.1. The van der Waals surface area contributed by atoms with Gasteiger partial charge in [0.05, 0.1) is 6.61 Å². The maximum Gasteiger partial charge on any atom is 0.195 e. The molecule has 152 valence electrons. The number of hydrogen-bond acceptors (Lipinski definition) is 4. The van der Waals surface area contributed by atoms with E-state index < -0.39 is 0 Å². The second-order valence-corrected chi connectivity index (χ2v) is 7.40. The van der Waals surface area contributed by atoms with E-state index in [4.69, 9.17) is 9.47 Å². The van der Waals surface area contributed by atoms with Gasteiger partial charge in [-0.3, -0.25) is 4.99 Å². The molecule has 6 heteroatoms. The van der Waals surface area contributed by atoms with E-state index in [-0.39, 0.29) is 0 Å². The van der Waals surface area contributed by atoms with Crippen LogP contribution in [-0.4, -0.2) is 63.9 Å². The van der Waals surface area contributed by atoms with Gasteiger partial charge in [0.15, 0.2) is 5.96 Å². The van der Waals surface area contributed by atoms with Gasteiger partial charge in [-0.2, -0.15) is 0 Å². The monoisotopic (exact) mass is 376 g/mol. The number of nitrogens with zero attached hydrogens (tertiary/aromatic N) is 2. The highest BCUT2D eigenvalue weighted by atomic mass is 16.5. The third-order valence-corrected chi connectivity index (χ3v) is 4.92. The number of nitrogens with one attached hydrogen (secondary N) is 2. The number of piperidine rings is 1. The lowest BCUT2D eigenvalue weighted by molar-refractivity contribution is 0.141. The zero-order chi connectivity index (χ0) is 19.5. The van der Waals surface area contributed by atoms with Crippen LogP contribution in [0.5, 0.6) is 5.75 Å². The third-order valence-electron chi connectivity index (χ3n) is 4.92. The highest BCUT2D eigenvalue weighted by molar-refractivity contribution is 5.93. The van der Waals surface area contributed by atoms with Crippen molar-refractivity contribution in [3.05, 3.63) is 24.3 Å². The quantitative estimate of drug-likeness (QED) is 0.394. The molecule has 0 radical (unpaired) electrons. The summed E-state index contributed by atoms with van der Waals surface area (Å²) in [7, 11) is 3.51. The minimum atomic E-state index is 0.622. The van der Waals surface area contributed by atoms with Gasteiger partial charge >= 0.3 is 0 Å². The van der Waals surface area contributed by atoms with Crippen molar-refractivity contribution >= 4 is 11.6 Å². The Morgan fingerprint density at radius 1 is 1.33 bits per heavy atom. The number of anilines is 1.